The maximum atomic E-state index is 12.9. The number of nitrogens with zero attached hydrogens (tertiary/aromatic N) is 3. The van der Waals surface area contributed by atoms with Crippen LogP contribution in [0.3, 0.4) is 0 Å². The molecule has 0 radical (unpaired) electrons. The first-order chi connectivity index (χ1) is 12.9. The summed E-state index contributed by atoms with van der Waals surface area (Å²) in [4.78, 5) is 22.4. The van der Waals surface area contributed by atoms with Crippen LogP contribution in [0.5, 0.6) is 0 Å². The fourth-order valence-corrected chi connectivity index (χ4v) is 2.71. The average molecular weight is 388 g/mol. The molecule has 0 bridgehead atoms. The summed E-state index contributed by atoms with van der Waals surface area (Å²) in [6.45, 7) is 1.74. The summed E-state index contributed by atoms with van der Waals surface area (Å²) in [5, 5.41) is 21.3. The van der Waals surface area contributed by atoms with Crippen molar-refractivity contribution in [3.63, 3.8) is 0 Å². The van der Waals surface area contributed by atoms with Gasteiger partial charge in [-0.15, -0.1) is 10.2 Å². The SMILES string of the molecule is Cc1ccc([N+](=O)[O-])cc1NC(=O)CSc1nnc(-c2ccc(F)cc2)o1. The normalized spacial score (nSPS) is 10.6. The molecule has 1 aromatic heterocycles. The molecule has 27 heavy (non-hydrogen) atoms. The van der Waals surface area contributed by atoms with Gasteiger partial charge in [0, 0.05) is 17.7 Å². The highest BCUT2D eigenvalue weighted by molar-refractivity contribution is 7.99. The number of amides is 1. The van der Waals surface area contributed by atoms with E-state index in [1.54, 1.807) is 13.0 Å². The van der Waals surface area contributed by atoms with Gasteiger partial charge in [0.05, 0.1) is 16.4 Å². The van der Waals surface area contributed by atoms with E-state index in [-0.39, 0.29) is 34.3 Å². The first-order valence-electron chi connectivity index (χ1n) is 7.69. The number of nitrogens with one attached hydrogen (secondary N) is 1. The van der Waals surface area contributed by atoms with Gasteiger partial charge in [-0.2, -0.15) is 0 Å². The number of nitro benzene ring substituents is 1. The van der Waals surface area contributed by atoms with Gasteiger partial charge in [0.15, 0.2) is 0 Å². The van der Waals surface area contributed by atoms with E-state index in [1.165, 1.54) is 36.4 Å². The summed E-state index contributed by atoms with van der Waals surface area (Å²) >= 11 is 1.02. The van der Waals surface area contributed by atoms with Gasteiger partial charge >= 0.3 is 0 Å². The number of anilines is 1. The van der Waals surface area contributed by atoms with Gasteiger partial charge in [-0.25, -0.2) is 4.39 Å². The molecule has 0 saturated heterocycles. The zero-order chi connectivity index (χ0) is 19.4. The van der Waals surface area contributed by atoms with E-state index in [0.29, 0.717) is 16.8 Å². The highest BCUT2D eigenvalue weighted by Crippen LogP contribution is 2.25. The molecule has 1 N–H and O–H groups in total. The van der Waals surface area contributed by atoms with Crippen molar-refractivity contribution in [2.24, 2.45) is 0 Å². The van der Waals surface area contributed by atoms with Crippen LogP contribution < -0.4 is 5.32 Å². The number of benzene rings is 2. The maximum absolute atomic E-state index is 12.9. The zero-order valence-corrected chi connectivity index (χ0v) is 14.8. The lowest BCUT2D eigenvalue weighted by atomic mass is 10.2. The van der Waals surface area contributed by atoms with Crippen molar-refractivity contribution in [2.45, 2.75) is 12.1 Å². The van der Waals surface area contributed by atoms with Crippen molar-refractivity contribution in [2.75, 3.05) is 11.1 Å². The summed E-state index contributed by atoms with van der Waals surface area (Å²) in [5.74, 6) is -0.550. The van der Waals surface area contributed by atoms with Crippen LogP contribution in [-0.4, -0.2) is 26.8 Å². The Kier molecular flexibility index (Phi) is 5.46. The molecule has 0 fully saturated rings. The average Bonchev–Trinajstić information content (AvgIpc) is 3.11. The van der Waals surface area contributed by atoms with Crippen LogP contribution >= 0.6 is 11.8 Å². The second-order valence-electron chi connectivity index (χ2n) is 5.47. The topological polar surface area (TPSA) is 111 Å². The molecule has 3 rings (SSSR count). The Morgan fingerprint density at radius 3 is 2.70 bits per heavy atom. The molecule has 10 heteroatoms. The van der Waals surface area contributed by atoms with Gasteiger partial charge in [0.25, 0.3) is 10.9 Å². The van der Waals surface area contributed by atoms with E-state index in [9.17, 15) is 19.3 Å². The van der Waals surface area contributed by atoms with E-state index in [4.69, 9.17) is 4.42 Å². The molecule has 0 aliphatic rings. The number of thioether (sulfide) groups is 1. The summed E-state index contributed by atoms with van der Waals surface area (Å²) in [6.07, 6.45) is 0. The monoisotopic (exact) mass is 388 g/mol. The van der Waals surface area contributed by atoms with E-state index in [2.05, 4.69) is 15.5 Å². The number of non-ortho nitro benzene ring substituents is 1. The molecule has 3 aromatic rings. The molecule has 2 aromatic carbocycles. The van der Waals surface area contributed by atoms with Crippen molar-refractivity contribution in [3.8, 4) is 11.5 Å². The summed E-state index contributed by atoms with van der Waals surface area (Å²) in [6, 6.07) is 9.81. The Balaban J connectivity index is 1.61. The number of nitro groups is 1. The third kappa shape index (κ3) is 4.67. The van der Waals surface area contributed by atoms with Crippen LogP contribution in [0, 0.1) is 22.9 Å². The van der Waals surface area contributed by atoms with Crippen LogP contribution in [0.15, 0.2) is 52.1 Å². The maximum Gasteiger partial charge on any atom is 0.277 e. The van der Waals surface area contributed by atoms with Crippen molar-refractivity contribution >= 4 is 29.0 Å². The fourth-order valence-electron chi connectivity index (χ4n) is 2.15. The summed E-state index contributed by atoms with van der Waals surface area (Å²) < 4.78 is 18.4. The molecule has 0 spiro atoms. The molecule has 0 aliphatic carbocycles. The number of halogens is 1. The van der Waals surface area contributed by atoms with Crippen LogP contribution in [0.2, 0.25) is 0 Å². The molecule has 1 heterocycles. The highest BCUT2D eigenvalue weighted by atomic mass is 32.2. The van der Waals surface area contributed by atoms with Crippen LogP contribution in [0.25, 0.3) is 11.5 Å². The second kappa shape index (κ2) is 7.96. The van der Waals surface area contributed by atoms with Crippen LogP contribution in [0.1, 0.15) is 5.56 Å². The first-order valence-corrected chi connectivity index (χ1v) is 8.68. The number of rotatable bonds is 6. The Morgan fingerprint density at radius 1 is 1.26 bits per heavy atom. The quantitative estimate of drug-likeness (QED) is 0.388. The Morgan fingerprint density at radius 2 is 2.00 bits per heavy atom. The van der Waals surface area contributed by atoms with Gasteiger partial charge < -0.3 is 9.73 Å². The third-order valence-electron chi connectivity index (χ3n) is 3.53. The molecule has 0 unspecified atom stereocenters. The van der Waals surface area contributed by atoms with Gasteiger partial charge in [-0.3, -0.25) is 14.9 Å². The van der Waals surface area contributed by atoms with Crippen LogP contribution in [0.4, 0.5) is 15.8 Å². The number of carbonyl (C=O) groups excluding carboxylic acids is 1. The Bertz CT molecular complexity index is 991. The minimum atomic E-state index is -0.529. The number of carbonyl (C=O) groups is 1. The van der Waals surface area contributed by atoms with Gasteiger partial charge in [-0.05, 0) is 36.8 Å². The van der Waals surface area contributed by atoms with Crippen LogP contribution in [-0.2, 0) is 4.79 Å². The highest BCUT2D eigenvalue weighted by Gasteiger charge is 2.14. The molecule has 1 amide bonds. The van der Waals surface area contributed by atoms with Crippen molar-refractivity contribution < 1.29 is 18.5 Å². The molecular weight excluding hydrogens is 375 g/mol. The van der Waals surface area contributed by atoms with E-state index >= 15 is 0 Å². The Labute approximate surface area is 156 Å². The number of aryl methyl sites for hydroxylation is 1. The Hall–Kier alpha value is -3.27. The van der Waals surface area contributed by atoms with Gasteiger partial charge in [-0.1, -0.05) is 17.8 Å². The first kappa shape index (κ1) is 18.5. The van der Waals surface area contributed by atoms with Crippen molar-refractivity contribution in [1.29, 1.82) is 0 Å². The smallest absolute Gasteiger partial charge is 0.277 e. The minimum Gasteiger partial charge on any atom is -0.411 e. The van der Waals surface area contributed by atoms with Gasteiger partial charge in [0.1, 0.15) is 5.82 Å². The fraction of sp³-hybridized carbons (Fsp3) is 0.118. The molecular formula is C17H13FN4O4S. The molecule has 138 valence electrons. The van der Waals surface area contributed by atoms with Crippen molar-refractivity contribution in [3.05, 3.63) is 64.0 Å². The molecule has 0 atom stereocenters. The summed E-state index contributed by atoms with van der Waals surface area (Å²) in [7, 11) is 0. The number of hydrogen-bond acceptors (Lipinski definition) is 7. The largest absolute Gasteiger partial charge is 0.411 e. The lowest BCUT2D eigenvalue weighted by molar-refractivity contribution is -0.384. The van der Waals surface area contributed by atoms with Gasteiger partial charge in [0.2, 0.25) is 11.8 Å². The lowest BCUT2D eigenvalue weighted by Gasteiger charge is -2.07. The number of hydrogen-bond donors (Lipinski definition) is 1. The third-order valence-corrected chi connectivity index (χ3v) is 4.35. The predicted molar refractivity (Wildman–Crippen MR) is 96.9 cm³/mol. The van der Waals surface area contributed by atoms with E-state index in [1.807, 2.05) is 0 Å². The van der Waals surface area contributed by atoms with Crippen molar-refractivity contribution in [1.82, 2.24) is 10.2 Å². The van der Waals surface area contributed by atoms with E-state index < -0.39 is 4.92 Å². The lowest BCUT2D eigenvalue weighted by Crippen LogP contribution is -2.15. The second-order valence-corrected chi connectivity index (χ2v) is 6.40. The molecule has 0 saturated carbocycles. The molecule has 0 aliphatic heterocycles. The summed E-state index contributed by atoms with van der Waals surface area (Å²) in [5.41, 5.74) is 1.53. The standard InChI is InChI=1S/C17H13FN4O4S/c1-10-2-7-13(22(24)25)8-14(10)19-15(23)9-27-17-21-20-16(26-17)11-3-5-12(18)6-4-11/h2-8H,9H2,1H3,(H,19,23). The predicted octanol–water partition coefficient (Wildman–Crippen LogP) is 3.82. The number of aromatic nitrogens is 2. The minimum absolute atomic E-state index is 0.0207. The zero-order valence-electron chi connectivity index (χ0n) is 14.0. The molecule has 8 nitrogen and oxygen atoms in total. The van der Waals surface area contributed by atoms with E-state index in [0.717, 1.165) is 11.8 Å².